The molecule has 12 heteroatoms. The zero-order valence-corrected chi connectivity index (χ0v) is 29.2. The van der Waals surface area contributed by atoms with E-state index in [9.17, 15) is 19.2 Å². The summed E-state index contributed by atoms with van der Waals surface area (Å²) in [7, 11) is 0. The van der Waals surface area contributed by atoms with Crippen molar-refractivity contribution in [3.05, 3.63) is 76.8 Å². The Morgan fingerprint density at radius 2 is 1.51 bits per heavy atom. The predicted octanol–water partition coefficient (Wildman–Crippen LogP) is 7.39. The van der Waals surface area contributed by atoms with Crippen molar-refractivity contribution < 1.29 is 33.4 Å². The molecular formula is C35H46N4O7S. The summed E-state index contributed by atoms with van der Waals surface area (Å²) >= 11 is 1.21. The second-order valence-electron chi connectivity index (χ2n) is 13.4. The number of aromatic nitrogens is 1. The molecule has 1 heterocycles. The molecule has 3 aromatic rings. The van der Waals surface area contributed by atoms with E-state index in [1.807, 2.05) is 42.5 Å². The number of anilines is 2. The van der Waals surface area contributed by atoms with Gasteiger partial charge in [0.25, 0.3) is 0 Å². The Hall–Kier alpha value is -4.45. The SMILES string of the molecule is CC(C)C(=O)OC(CN(CCc1ccc(NC(=O)Cc2csc(NC(=O)OC(C)(C)C)n2)cc1)C(=O)OC(C)(C)C)c1ccccc1. The van der Waals surface area contributed by atoms with E-state index in [4.69, 9.17) is 14.2 Å². The van der Waals surface area contributed by atoms with Crippen LogP contribution < -0.4 is 10.6 Å². The average Bonchev–Trinajstić information content (AvgIpc) is 3.39. The molecule has 47 heavy (non-hydrogen) atoms. The van der Waals surface area contributed by atoms with Gasteiger partial charge in [-0.1, -0.05) is 56.3 Å². The van der Waals surface area contributed by atoms with Gasteiger partial charge in [-0.15, -0.1) is 11.3 Å². The van der Waals surface area contributed by atoms with Crippen LogP contribution in [0.4, 0.5) is 20.4 Å². The molecule has 3 amide bonds. The summed E-state index contributed by atoms with van der Waals surface area (Å²) < 4.78 is 16.8. The lowest BCUT2D eigenvalue weighted by Gasteiger charge is -2.30. The molecule has 2 aromatic carbocycles. The van der Waals surface area contributed by atoms with Gasteiger partial charge < -0.3 is 24.4 Å². The lowest BCUT2D eigenvalue weighted by molar-refractivity contribution is -0.154. The second kappa shape index (κ2) is 16.4. The van der Waals surface area contributed by atoms with Crippen LogP contribution in [0.1, 0.15) is 78.3 Å². The standard InChI is InChI=1S/C35H46N4O7S/c1-23(2)30(41)44-28(25-12-10-9-11-13-25)21-39(33(43)46-35(6,7)8)19-18-24-14-16-26(17-15-24)36-29(40)20-27-22-47-31(37-27)38-32(42)45-34(3,4)5/h9-17,22-23,28H,18-21H2,1-8H3,(H,36,40)(H,37,38,42). The highest BCUT2D eigenvalue weighted by Gasteiger charge is 2.28. The summed E-state index contributed by atoms with van der Waals surface area (Å²) in [5.41, 5.74) is 1.50. The fourth-order valence-electron chi connectivity index (χ4n) is 4.16. The summed E-state index contributed by atoms with van der Waals surface area (Å²) in [6, 6.07) is 16.7. The number of thiazole rings is 1. The van der Waals surface area contributed by atoms with Gasteiger partial charge in [-0.2, -0.15) is 0 Å². The van der Waals surface area contributed by atoms with Gasteiger partial charge in [0.15, 0.2) is 5.13 Å². The molecule has 1 aromatic heterocycles. The molecule has 0 radical (unpaired) electrons. The minimum atomic E-state index is -0.708. The first kappa shape index (κ1) is 37.0. The Balaban J connectivity index is 1.62. The van der Waals surface area contributed by atoms with Crippen LogP contribution in [0, 0.1) is 5.92 Å². The van der Waals surface area contributed by atoms with E-state index >= 15 is 0 Å². The third-order valence-corrected chi connectivity index (χ3v) is 7.16. The van der Waals surface area contributed by atoms with Crippen LogP contribution in [0.15, 0.2) is 60.0 Å². The minimum Gasteiger partial charge on any atom is -0.455 e. The molecule has 0 aliphatic carbocycles. The monoisotopic (exact) mass is 666 g/mol. The molecule has 0 aliphatic rings. The van der Waals surface area contributed by atoms with E-state index in [0.717, 1.165) is 11.1 Å². The summed E-state index contributed by atoms with van der Waals surface area (Å²) in [5.74, 6) is -0.936. The molecular weight excluding hydrogens is 620 g/mol. The normalized spacial score (nSPS) is 12.2. The van der Waals surface area contributed by atoms with Gasteiger partial charge in [-0.3, -0.25) is 14.9 Å². The Morgan fingerprint density at radius 3 is 2.11 bits per heavy atom. The average molecular weight is 667 g/mol. The molecule has 0 saturated heterocycles. The van der Waals surface area contributed by atoms with Crippen molar-refractivity contribution in [1.82, 2.24) is 9.88 Å². The molecule has 0 spiro atoms. The quantitative estimate of drug-likeness (QED) is 0.151. The van der Waals surface area contributed by atoms with Gasteiger partial charge in [-0.25, -0.2) is 14.6 Å². The van der Waals surface area contributed by atoms with Gasteiger partial charge >= 0.3 is 18.2 Å². The zero-order chi connectivity index (χ0) is 34.8. The lowest BCUT2D eigenvalue weighted by Crippen LogP contribution is -2.41. The van der Waals surface area contributed by atoms with Crippen molar-refractivity contribution in [2.45, 2.75) is 85.5 Å². The highest BCUT2D eigenvalue weighted by atomic mass is 32.1. The molecule has 11 nitrogen and oxygen atoms in total. The number of nitrogens with one attached hydrogen (secondary N) is 2. The van der Waals surface area contributed by atoms with E-state index in [2.05, 4.69) is 15.6 Å². The number of hydrogen-bond donors (Lipinski definition) is 2. The Bertz CT molecular complexity index is 1490. The summed E-state index contributed by atoms with van der Waals surface area (Å²) in [6.07, 6.45) is -1.25. The number of carbonyl (C=O) groups excluding carboxylic acids is 4. The Kier molecular flexibility index (Phi) is 12.9. The third-order valence-electron chi connectivity index (χ3n) is 6.35. The second-order valence-corrected chi connectivity index (χ2v) is 14.2. The number of amides is 3. The van der Waals surface area contributed by atoms with Crippen LogP contribution >= 0.6 is 11.3 Å². The fourth-order valence-corrected chi connectivity index (χ4v) is 4.86. The first-order valence-electron chi connectivity index (χ1n) is 15.5. The number of benzene rings is 2. The number of nitrogens with zero attached hydrogens (tertiary/aromatic N) is 2. The number of ether oxygens (including phenoxy) is 3. The molecule has 3 rings (SSSR count). The zero-order valence-electron chi connectivity index (χ0n) is 28.4. The molecule has 254 valence electrons. The minimum absolute atomic E-state index is 0.0308. The van der Waals surface area contributed by atoms with Gasteiger partial charge in [0, 0.05) is 17.6 Å². The van der Waals surface area contributed by atoms with Crippen LogP contribution in [0.2, 0.25) is 0 Å². The Labute approximate surface area is 281 Å². The van der Waals surface area contributed by atoms with Crippen molar-refractivity contribution in [2.24, 2.45) is 5.92 Å². The van der Waals surface area contributed by atoms with Gasteiger partial charge in [0.05, 0.1) is 24.6 Å². The van der Waals surface area contributed by atoms with Gasteiger partial charge in [-0.05, 0) is 71.2 Å². The number of rotatable bonds is 12. The van der Waals surface area contributed by atoms with Crippen molar-refractivity contribution in [3.63, 3.8) is 0 Å². The smallest absolute Gasteiger partial charge is 0.413 e. The summed E-state index contributed by atoms with van der Waals surface area (Å²) in [5, 5.41) is 7.49. The van der Waals surface area contributed by atoms with E-state index in [1.165, 1.54) is 11.3 Å². The Morgan fingerprint density at radius 1 is 0.872 bits per heavy atom. The first-order valence-corrected chi connectivity index (χ1v) is 16.4. The third kappa shape index (κ3) is 13.4. The molecule has 0 saturated carbocycles. The summed E-state index contributed by atoms with van der Waals surface area (Å²) in [4.78, 5) is 56.4. The van der Waals surface area contributed by atoms with Crippen molar-refractivity contribution in [2.75, 3.05) is 23.7 Å². The van der Waals surface area contributed by atoms with Crippen LogP contribution in [0.3, 0.4) is 0 Å². The fraction of sp³-hybridized carbons (Fsp3) is 0.457. The first-order chi connectivity index (χ1) is 22.0. The van der Waals surface area contributed by atoms with Crippen LogP contribution in [-0.2, 0) is 36.6 Å². The lowest BCUT2D eigenvalue weighted by atomic mass is 10.1. The van der Waals surface area contributed by atoms with Gasteiger partial charge in [0.2, 0.25) is 5.91 Å². The van der Waals surface area contributed by atoms with Crippen molar-refractivity contribution in [1.29, 1.82) is 0 Å². The molecule has 1 unspecified atom stereocenters. The van der Waals surface area contributed by atoms with E-state index in [-0.39, 0.29) is 30.8 Å². The topological polar surface area (TPSA) is 136 Å². The van der Waals surface area contributed by atoms with Crippen LogP contribution in [0.25, 0.3) is 0 Å². The molecule has 0 fully saturated rings. The van der Waals surface area contributed by atoms with Crippen LogP contribution in [-0.4, -0.2) is 58.2 Å². The van der Waals surface area contributed by atoms with E-state index < -0.39 is 29.5 Å². The number of esters is 1. The molecule has 1 atom stereocenters. The van der Waals surface area contributed by atoms with E-state index in [0.29, 0.717) is 29.5 Å². The largest absolute Gasteiger partial charge is 0.455 e. The highest BCUT2D eigenvalue weighted by Crippen LogP contribution is 2.23. The number of carbonyl (C=O) groups is 4. The maximum absolute atomic E-state index is 13.3. The van der Waals surface area contributed by atoms with Gasteiger partial charge in [0.1, 0.15) is 17.3 Å². The van der Waals surface area contributed by atoms with Crippen molar-refractivity contribution >= 4 is 46.2 Å². The van der Waals surface area contributed by atoms with Crippen molar-refractivity contribution in [3.8, 4) is 0 Å². The molecule has 2 N–H and O–H groups in total. The molecule has 0 aliphatic heterocycles. The predicted molar refractivity (Wildman–Crippen MR) is 182 cm³/mol. The highest BCUT2D eigenvalue weighted by molar-refractivity contribution is 7.13. The maximum Gasteiger partial charge on any atom is 0.413 e. The van der Waals surface area contributed by atoms with E-state index in [1.54, 1.807) is 77.8 Å². The van der Waals surface area contributed by atoms with Crippen LogP contribution in [0.5, 0.6) is 0 Å². The molecule has 0 bridgehead atoms. The summed E-state index contributed by atoms with van der Waals surface area (Å²) in [6.45, 7) is 14.7. The number of hydrogen-bond acceptors (Lipinski definition) is 9. The maximum atomic E-state index is 13.3.